The Morgan fingerprint density at radius 1 is 1.58 bits per heavy atom. The van der Waals surface area contributed by atoms with Crippen LogP contribution in [0.15, 0.2) is 6.20 Å². The van der Waals surface area contributed by atoms with Gasteiger partial charge in [0, 0.05) is 6.54 Å². The van der Waals surface area contributed by atoms with Crippen molar-refractivity contribution >= 4 is 17.5 Å². The van der Waals surface area contributed by atoms with Gasteiger partial charge in [-0.2, -0.15) is 4.98 Å². The molecule has 0 radical (unpaired) electrons. The molecule has 0 unspecified atom stereocenters. The van der Waals surface area contributed by atoms with Gasteiger partial charge in [0.2, 0.25) is 11.8 Å². The fraction of sp³-hybridized carbons (Fsp3) is 0.500. The number of hydrazine groups is 1. The molecular formula is C8H12F2N6O3. The number of nitrogen functional groups attached to an aromatic ring is 1. The molecule has 11 heteroatoms. The molecule has 0 aliphatic rings. The summed E-state index contributed by atoms with van der Waals surface area (Å²) in [6.07, 6.45) is -1.58. The van der Waals surface area contributed by atoms with Gasteiger partial charge in [0.1, 0.15) is 12.8 Å². The lowest BCUT2D eigenvalue weighted by atomic mass is 10.4. The Labute approximate surface area is 106 Å². The highest BCUT2D eigenvalue weighted by atomic mass is 19.3. The fourth-order valence-electron chi connectivity index (χ4n) is 1.12. The number of alkyl halides is 2. The second-order valence-electron chi connectivity index (χ2n) is 3.22. The third kappa shape index (κ3) is 4.93. The number of anilines is 2. The van der Waals surface area contributed by atoms with Crippen LogP contribution >= 0.6 is 0 Å². The monoisotopic (exact) mass is 278 g/mol. The maximum atomic E-state index is 11.8. The van der Waals surface area contributed by atoms with E-state index in [1.54, 1.807) is 0 Å². The number of hydrogen-bond donors (Lipinski definition) is 3. The van der Waals surface area contributed by atoms with Crippen molar-refractivity contribution in [1.29, 1.82) is 0 Å². The highest BCUT2D eigenvalue weighted by Crippen LogP contribution is 2.21. The smallest absolute Gasteiger partial charge is 0.329 e. The highest BCUT2D eigenvalue weighted by molar-refractivity contribution is 5.56. The van der Waals surface area contributed by atoms with Crippen LogP contribution in [0.25, 0.3) is 0 Å². The average Bonchev–Trinajstić information content (AvgIpc) is 2.37. The summed E-state index contributed by atoms with van der Waals surface area (Å²) >= 11 is 0. The van der Waals surface area contributed by atoms with Crippen LogP contribution in [-0.2, 0) is 4.74 Å². The van der Waals surface area contributed by atoms with Gasteiger partial charge >= 0.3 is 5.69 Å². The van der Waals surface area contributed by atoms with Gasteiger partial charge in [-0.25, -0.2) is 19.6 Å². The van der Waals surface area contributed by atoms with Gasteiger partial charge in [-0.15, -0.1) is 0 Å². The Bertz CT molecular complexity index is 433. The molecule has 0 aliphatic heterocycles. The zero-order valence-corrected chi connectivity index (χ0v) is 9.68. The van der Waals surface area contributed by atoms with Gasteiger partial charge in [0.25, 0.3) is 6.43 Å². The Kier molecular flexibility index (Phi) is 5.75. The van der Waals surface area contributed by atoms with Crippen molar-refractivity contribution in [3.63, 3.8) is 0 Å². The van der Waals surface area contributed by atoms with E-state index in [9.17, 15) is 18.9 Å². The van der Waals surface area contributed by atoms with Crippen molar-refractivity contribution in [2.75, 3.05) is 30.5 Å². The average molecular weight is 278 g/mol. The lowest BCUT2D eigenvalue weighted by Gasteiger charge is -2.07. The molecule has 19 heavy (non-hydrogen) atoms. The molecule has 4 N–H and O–H groups in total. The number of halogens is 2. The number of ether oxygens (including phenoxy) is 1. The summed E-state index contributed by atoms with van der Waals surface area (Å²) in [5.41, 5.74) is 1.78. The Morgan fingerprint density at radius 2 is 2.32 bits per heavy atom. The second kappa shape index (κ2) is 7.33. The van der Waals surface area contributed by atoms with E-state index in [-0.39, 0.29) is 30.6 Å². The van der Waals surface area contributed by atoms with Crippen molar-refractivity contribution in [2.24, 2.45) is 5.84 Å². The lowest BCUT2D eigenvalue weighted by Crippen LogP contribution is -2.16. The maximum absolute atomic E-state index is 11.8. The molecule has 9 nitrogen and oxygen atoms in total. The minimum Gasteiger partial charge on any atom is -0.374 e. The Hall–Kier alpha value is -2.14. The topological polar surface area (TPSA) is 128 Å². The van der Waals surface area contributed by atoms with E-state index in [1.807, 2.05) is 0 Å². The standard InChI is InChI=1S/C8H12F2N6O3/c9-6(10)4-19-2-1-12-7-5(16(17)18)3-13-8(14-7)15-11/h3,6H,1-2,4,11H2,(H2,12,13,14,15). The van der Waals surface area contributed by atoms with Crippen LogP contribution in [0.1, 0.15) is 0 Å². The van der Waals surface area contributed by atoms with Crippen LogP contribution in [-0.4, -0.2) is 41.1 Å². The third-order valence-corrected chi connectivity index (χ3v) is 1.88. The molecule has 0 atom stereocenters. The summed E-state index contributed by atoms with van der Waals surface area (Å²) < 4.78 is 28.2. The van der Waals surface area contributed by atoms with Crippen molar-refractivity contribution in [3.05, 3.63) is 16.3 Å². The van der Waals surface area contributed by atoms with Gasteiger partial charge in [0.15, 0.2) is 0 Å². The molecular weight excluding hydrogens is 266 g/mol. The predicted octanol–water partition coefficient (Wildman–Crippen LogP) is 0.364. The molecule has 0 bridgehead atoms. The first-order valence-corrected chi connectivity index (χ1v) is 5.12. The van der Waals surface area contributed by atoms with Crippen molar-refractivity contribution < 1.29 is 18.4 Å². The van der Waals surface area contributed by atoms with Crippen LogP contribution in [0.4, 0.5) is 26.2 Å². The fourth-order valence-corrected chi connectivity index (χ4v) is 1.12. The molecule has 0 saturated carbocycles. The molecule has 1 aromatic heterocycles. The van der Waals surface area contributed by atoms with Crippen LogP contribution in [0.5, 0.6) is 0 Å². The number of hydrogen-bond acceptors (Lipinski definition) is 8. The third-order valence-electron chi connectivity index (χ3n) is 1.88. The molecule has 0 spiro atoms. The SMILES string of the molecule is NNc1ncc([N+](=O)[O-])c(NCCOCC(F)F)n1. The first kappa shape index (κ1) is 14.9. The second-order valence-corrected chi connectivity index (χ2v) is 3.22. The molecule has 0 fully saturated rings. The van der Waals surface area contributed by atoms with Crippen molar-refractivity contribution in [3.8, 4) is 0 Å². The normalized spacial score (nSPS) is 10.5. The molecule has 1 rings (SSSR count). The molecule has 106 valence electrons. The number of nitrogens with two attached hydrogens (primary N) is 1. The number of nitro groups is 1. The molecule has 0 aromatic carbocycles. The van der Waals surface area contributed by atoms with Gasteiger partial charge < -0.3 is 10.1 Å². The van der Waals surface area contributed by atoms with Crippen molar-refractivity contribution in [1.82, 2.24) is 9.97 Å². The number of nitrogens with zero attached hydrogens (tertiary/aromatic N) is 3. The zero-order valence-electron chi connectivity index (χ0n) is 9.68. The van der Waals surface area contributed by atoms with Crippen LogP contribution in [0.2, 0.25) is 0 Å². The first-order valence-electron chi connectivity index (χ1n) is 5.12. The van der Waals surface area contributed by atoms with E-state index in [4.69, 9.17) is 5.84 Å². The quantitative estimate of drug-likeness (QED) is 0.269. The van der Waals surface area contributed by atoms with Gasteiger partial charge in [0.05, 0.1) is 11.5 Å². The van der Waals surface area contributed by atoms with E-state index < -0.39 is 18.0 Å². The molecule has 0 amide bonds. The van der Waals surface area contributed by atoms with Crippen molar-refractivity contribution in [2.45, 2.75) is 6.43 Å². The summed E-state index contributed by atoms with van der Waals surface area (Å²) in [5, 5.41) is 13.3. The maximum Gasteiger partial charge on any atom is 0.329 e. The predicted molar refractivity (Wildman–Crippen MR) is 61.8 cm³/mol. The van der Waals surface area contributed by atoms with Gasteiger partial charge in [-0.05, 0) is 0 Å². The molecule has 1 aromatic rings. The Morgan fingerprint density at radius 3 is 2.89 bits per heavy atom. The van der Waals surface area contributed by atoms with Crippen LogP contribution < -0.4 is 16.6 Å². The summed E-state index contributed by atoms with van der Waals surface area (Å²) in [6.45, 7) is -0.658. The Balaban J connectivity index is 2.57. The summed E-state index contributed by atoms with van der Waals surface area (Å²) in [6, 6.07) is 0. The van der Waals surface area contributed by atoms with E-state index in [1.165, 1.54) is 0 Å². The summed E-state index contributed by atoms with van der Waals surface area (Å²) in [4.78, 5) is 17.4. The van der Waals surface area contributed by atoms with Crippen LogP contribution in [0.3, 0.4) is 0 Å². The van der Waals surface area contributed by atoms with Gasteiger partial charge in [-0.1, -0.05) is 0 Å². The highest BCUT2D eigenvalue weighted by Gasteiger charge is 2.16. The van der Waals surface area contributed by atoms with Gasteiger partial charge in [-0.3, -0.25) is 15.5 Å². The number of aromatic nitrogens is 2. The summed E-state index contributed by atoms with van der Waals surface area (Å²) in [5.74, 6) is 4.99. The summed E-state index contributed by atoms with van der Waals surface area (Å²) in [7, 11) is 0. The minimum absolute atomic E-state index is 0.0124. The minimum atomic E-state index is -2.55. The number of rotatable bonds is 8. The van der Waals surface area contributed by atoms with E-state index in [0.717, 1.165) is 6.20 Å². The molecule has 0 aliphatic carbocycles. The zero-order chi connectivity index (χ0) is 14.3. The van der Waals surface area contributed by atoms with E-state index in [0.29, 0.717) is 0 Å². The van der Waals surface area contributed by atoms with Crippen LogP contribution in [0, 0.1) is 10.1 Å². The largest absolute Gasteiger partial charge is 0.374 e. The molecule has 0 saturated heterocycles. The van der Waals surface area contributed by atoms with E-state index in [2.05, 4.69) is 25.4 Å². The lowest BCUT2D eigenvalue weighted by molar-refractivity contribution is -0.384. The number of nitrogens with one attached hydrogen (secondary N) is 2. The van der Waals surface area contributed by atoms with E-state index >= 15 is 0 Å². The molecule has 1 heterocycles. The first-order chi connectivity index (χ1) is 9.04.